The SMILES string of the molecule is COCn1ccc(C(=O)Nc2cnn(C(C)C)c2)n1. The zero-order valence-electron chi connectivity index (χ0n) is 11.2. The molecule has 0 fully saturated rings. The highest BCUT2D eigenvalue weighted by molar-refractivity contribution is 6.02. The van der Waals surface area contributed by atoms with Crippen molar-refractivity contribution in [2.75, 3.05) is 12.4 Å². The summed E-state index contributed by atoms with van der Waals surface area (Å²) in [6.07, 6.45) is 5.09. The van der Waals surface area contributed by atoms with E-state index in [2.05, 4.69) is 15.5 Å². The molecule has 1 amide bonds. The molecule has 0 aromatic carbocycles. The van der Waals surface area contributed by atoms with E-state index < -0.39 is 0 Å². The van der Waals surface area contributed by atoms with Crippen LogP contribution in [0.4, 0.5) is 5.69 Å². The van der Waals surface area contributed by atoms with Gasteiger partial charge in [0.2, 0.25) is 0 Å². The Morgan fingerprint density at radius 3 is 2.95 bits per heavy atom. The first-order valence-electron chi connectivity index (χ1n) is 5.98. The van der Waals surface area contributed by atoms with E-state index in [-0.39, 0.29) is 11.9 Å². The number of nitrogens with zero attached hydrogens (tertiary/aromatic N) is 4. The monoisotopic (exact) mass is 263 g/mol. The van der Waals surface area contributed by atoms with Crippen molar-refractivity contribution in [2.24, 2.45) is 0 Å². The molecule has 7 nitrogen and oxygen atoms in total. The molecule has 0 aliphatic rings. The predicted molar refractivity (Wildman–Crippen MR) is 69.8 cm³/mol. The first-order chi connectivity index (χ1) is 9.10. The molecular formula is C12H17N5O2. The minimum atomic E-state index is -0.266. The summed E-state index contributed by atoms with van der Waals surface area (Å²) in [5.74, 6) is -0.266. The van der Waals surface area contributed by atoms with Gasteiger partial charge >= 0.3 is 0 Å². The minimum Gasteiger partial charge on any atom is -0.362 e. The molecule has 0 radical (unpaired) electrons. The van der Waals surface area contributed by atoms with Crippen molar-refractivity contribution in [2.45, 2.75) is 26.6 Å². The molecular weight excluding hydrogens is 246 g/mol. The van der Waals surface area contributed by atoms with Crippen LogP contribution in [0.2, 0.25) is 0 Å². The zero-order chi connectivity index (χ0) is 13.8. The smallest absolute Gasteiger partial charge is 0.276 e. The van der Waals surface area contributed by atoms with Crippen molar-refractivity contribution >= 4 is 11.6 Å². The summed E-state index contributed by atoms with van der Waals surface area (Å²) < 4.78 is 8.25. The normalized spacial score (nSPS) is 10.9. The molecule has 2 aromatic rings. The number of nitrogens with one attached hydrogen (secondary N) is 1. The van der Waals surface area contributed by atoms with Crippen molar-refractivity contribution in [1.82, 2.24) is 19.6 Å². The van der Waals surface area contributed by atoms with Crippen LogP contribution in [-0.4, -0.2) is 32.6 Å². The minimum absolute atomic E-state index is 0.256. The molecule has 1 N–H and O–H groups in total. The van der Waals surface area contributed by atoms with Crippen LogP contribution in [0.5, 0.6) is 0 Å². The van der Waals surface area contributed by atoms with Gasteiger partial charge in [0.25, 0.3) is 5.91 Å². The fraction of sp³-hybridized carbons (Fsp3) is 0.417. The van der Waals surface area contributed by atoms with E-state index in [1.807, 2.05) is 13.8 Å². The Labute approximate surface area is 111 Å². The van der Waals surface area contributed by atoms with Crippen molar-refractivity contribution in [1.29, 1.82) is 0 Å². The van der Waals surface area contributed by atoms with Gasteiger partial charge in [-0.25, -0.2) is 4.68 Å². The highest BCUT2D eigenvalue weighted by atomic mass is 16.5. The van der Waals surface area contributed by atoms with E-state index in [9.17, 15) is 4.79 Å². The summed E-state index contributed by atoms with van der Waals surface area (Å²) in [4.78, 5) is 11.9. The van der Waals surface area contributed by atoms with Gasteiger partial charge in [0, 0.05) is 25.5 Å². The molecule has 7 heteroatoms. The number of ether oxygens (including phenoxy) is 1. The summed E-state index contributed by atoms with van der Waals surface area (Å²) in [5.41, 5.74) is 0.995. The van der Waals surface area contributed by atoms with Crippen LogP contribution in [-0.2, 0) is 11.5 Å². The molecule has 2 heterocycles. The van der Waals surface area contributed by atoms with Gasteiger partial charge in [-0.15, -0.1) is 0 Å². The van der Waals surface area contributed by atoms with Gasteiger partial charge in [-0.05, 0) is 19.9 Å². The number of amides is 1. The van der Waals surface area contributed by atoms with Crippen molar-refractivity contribution in [3.05, 3.63) is 30.4 Å². The number of aromatic nitrogens is 4. The van der Waals surface area contributed by atoms with Gasteiger partial charge in [0.1, 0.15) is 6.73 Å². The van der Waals surface area contributed by atoms with E-state index >= 15 is 0 Å². The van der Waals surface area contributed by atoms with Crippen LogP contribution in [0.1, 0.15) is 30.4 Å². The summed E-state index contributed by atoms with van der Waals surface area (Å²) >= 11 is 0. The third-order valence-corrected chi connectivity index (χ3v) is 2.52. The van der Waals surface area contributed by atoms with E-state index in [1.165, 1.54) is 0 Å². The Bertz CT molecular complexity index is 558. The number of hydrogen-bond donors (Lipinski definition) is 1. The number of hydrogen-bond acceptors (Lipinski definition) is 4. The van der Waals surface area contributed by atoms with E-state index in [4.69, 9.17) is 4.74 Å². The van der Waals surface area contributed by atoms with Crippen LogP contribution < -0.4 is 5.32 Å². The Hall–Kier alpha value is -2.15. The van der Waals surface area contributed by atoms with Crippen LogP contribution >= 0.6 is 0 Å². The average molecular weight is 263 g/mol. The lowest BCUT2D eigenvalue weighted by molar-refractivity contribution is 0.101. The largest absolute Gasteiger partial charge is 0.362 e. The van der Waals surface area contributed by atoms with Crippen LogP contribution in [0, 0.1) is 0 Å². The summed E-state index contributed by atoms with van der Waals surface area (Å²) in [6.45, 7) is 4.36. The molecule has 0 bridgehead atoms. The third kappa shape index (κ3) is 3.19. The van der Waals surface area contributed by atoms with Crippen LogP contribution in [0.3, 0.4) is 0 Å². The first kappa shape index (κ1) is 13.3. The predicted octanol–water partition coefficient (Wildman–Crippen LogP) is 1.52. The van der Waals surface area contributed by atoms with Crippen molar-refractivity contribution < 1.29 is 9.53 Å². The van der Waals surface area contributed by atoms with Gasteiger partial charge in [-0.2, -0.15) is 10.2 Å². The molecule has 0 atom stereocenters. The van der Waals surface area contributed by atoms with E-state index in [0.29, 0.717) is 18.1 Å². The molecule has 2 aromatic heterocycles. The second-order valence-corrected chi connectivity index (χ2v) is 4.42. The fourth-order valence-electron chi connectivity index (χ4n) is 1.57. The maximum Gasteiger partial charge on any atom is 0.276 e. The van der Waals surface area contributed by atoms with Crippen molar-refractivity contribution in [3.8, 4) is 0 Å². The molecule has 2 rings (SSSR count). The molecule has 0 unspecified atom stereocenters. The van der Waals surface area contributed by atoms with Gasteiger partial charge in [0.15, 0.2) is 5.69 Å². The Morgan fingerprint density at radius 1 is 1.53 bits per heavy atom. The lowest BCUT2D eigenvalue weighted by Crippen LogP contribution is -2.13. The molecule has 19 heavy (non-hydrogen) atoms. The Morgan fingerprint density at radius 2 is 2.32 bits per heavy atom. The molecule has 0 spiro atoms. The molecule has 102 valence electrons. The van der Waals surface area contributed by atoms with Gasteiger partial charge < -0.3 is 10.1 Å². The topological polar surface area (TPSA) is 74.0 Å². The van der Waals surface area contributed by atoms with E-state index in [1.54, 1.807) is 41.1 Å². The second-order valence-electron chi connectivity index (χ2n) is 4.42. The third-order valence-electron chi connectivity index (χ3n) is 2.52. The number of anilines is 1. The highest BCUT2D eigenvalue weighted by Gasteiger charge is 2.11. The lowest BCUT2D eigenvalue weighted by atomic mass is 10.4. The summed E-state index contributed by atoms with van der Waals surface area (Å²) in [7, 11) is 1.57. The number of rotatable bonds is 5. The number of carbonyl (C=O) groups is 1. The number of methoxy groups -OCH3 is 1. The van der Waals surface area contributed by atoms with Crippen LogP contribution in [0.25, 0.3) is 0 Å². The maximum absolute atomic E-state index is 11.9. The molecule has 0 saturated carbocycles. The fourth-order valence-corrected chi connectivity index (χ4v) is 1.57. The molecule has 0 aliphatic heterocycles. The average Bonchev–Trinajstić information content (AvgIpc) is 2.98. The maximum atomic E-state index is 11.9. The highest BCUT2D eigenvalue weighted by Crippen LogP contribution is 2.11. The van der Waals surface area contributed by atoms with E-state index in [0.717, 1.165) is 0 Å². The van der Waals surface area contributed by atoms with Crippen molar-refractivity contribution in [3.63, 3.8) is 0 Å². The number of carbonyl (C=O) groups excluding carboxylic acids is 1. The summed E-state index contributed by atoms with van der Waals surface area (Å²) in [5, 5.41) is 11.0. The van der Waals surface area contributed by atoms with Gasteiger partial charge in [-0.3, -0.25) is 9.48 Å². The first-order valence-corrected chi connectivity index (χ1v) is 5.98. The quantitative estimate of drug-likeness (QED) is 0.887. The Kier molecular flexibility index (Phi) is 3.96. The molecule has 0 saturated heterocycles. The van der Waals surface area contributed by atoms with Gasteiger partial charge in [0.05, 0.1) is 11.9 Å². The second kappa shape index (κ2) is 5.66. The molecule has 0 aliphatic carbocycles. The standard InChI is InChI=1S/C12H17N5O2/c1-9(2)17-7-10(6-13-17)14-12(18)11-4-5-16(15-11)8-19-3/h4-7,9H,8H2,1-3H3,(H,14,18). The zero-order valence-corrected chi connectivity index (χ0v) is 11.2. The summed E-state index contributed by atoms with van der Waals surface area (Å²) in [6, 6.07) is 1.90. The van der Waals surface area contributed by atoms with Gasteiger partial charge in [-0.1, -0.05) is 0 Å². The van der Waals surface area contributed by atoms with Crippen LogP contribution in [0.15, 0.2) is 24.7 Å². The Balaban J connectivity index is 2.02. The lowest BCUT2D eigenvalue weighted by Gasteiger charge is -2.03.